The van der Waals surface area contributed by atoms with Crippen molar-refractivity contribution in [1.82, 2.24) is 0 Å². The molecule has 0 aliphatic rings. The summed E-state index contributed by atoms with van der Waals surface area (Å²) in [6, 6.07) is 0. The smallest absolute Gasteiger partial charge is 0.306 e. The molecule has 0 aromatic carbocycles. The van der Waals surface area contributed by atoms with E-state index in [-0.39, 0.29) is 0 Å². The van der Waals surface area contributed by atoms with Crippen molar-refractivity contribution in [2.75, 3.05) is 26.4 Å². The molecule has 0 aliphatic carbocycles. The summed E-state index contributed by atoms with van der Waals surface area (Å²) in [5.74, 6) is 2.52. The van der Waals surface area contributed by atoms with Crippen LogP contribution in [0, 0.1) is 0 Å². The molecule has 186 valence electrons. The lowest BCUT2D eigenvalue weighted by molar-refractivity contribution is 0.199. The Morgan fingerprint density at radius 1 is 0.562 bits per heavy atom. The van der Waals surface area contributed by atoms with Gasteiger partial charge in [-0.25, -0.2) is 0 Å². The third kappa shape index (κ3) is 17.8. The first-order valence-corrected chi connectivity index (χ1v) is 15.0. The topological polar surface area (TPSA) is 71.1 Å². The van der Waals surface area contributed by atoms with Gasteiger partial charge in [0.05, 0.1) is 26.4 Å². The predicted octanol–water partition coefficient (Wildman–Crippen LogP) is 8.78. The van der Waals surface area contributed by atoms with Crippen LogP contribution >= 0.6 is 15.2 Å². The molecule has 0 fully saturated rings. The van der Waals surface area contributed by atoms with Gasteiger partial charge in [-0.1, -0.05) is 64.2 Å². The van der Waals surface area contributed by atoms with Crippen LogP contribution in [0.4, 0.5) is 0 Å². The summed E-state index contributed by atoms with van der Waals surface area (Å²) in [4.78, 5) is 0. The quantitative estimate of drug-likeness (QED) is 0.0810. The van der Waals surface area contributed by atoms with Gasteiger partial charge in [0.25, 0.3) is 0 Å². The second-order valence-electron chi connectivity index (χ2n) is 7.29. The molecule has 0 aliphatic heterocycles. The molecule has 0 N–H and O–H groups in total. The molecular weight excluding hydrogens is 446 g/mol. The number of hydrogen-bond donors (Lipinski definition) is 0. The van der Waals surface area contributed by atoms with Gasteiger partial charge in [-0.15, -0.1) is 0 Å². The lowest BCUT2D eigenvalue weighted by Crippen LogP contribution is -2.00. The lowest BCUT2D eigenvalue weighted by atomic mass is 10.2. The Kier molecular flexibility index (Phi) is 20.4. The third-order valence-electron chi connectivity index (χ3n) is 4.36. The largest absolute Gasteiger partial charge is 0.353 e. The number of allylic oxidation sites excluding steroid dienone is 3. The minimum atomic E-state index is -3.25. The molecule has 0 rings (SSSR count). The van der Waals surface area contributed by atoms with Crippen LogP contribution < -0.4 is 0 Å². The van der Waals surface area contributed by atoms with Crippen LogP contribution in [0.1, 0.15) is 78.1 Å². The Morgan fingerprint density at radius 2 is 0.969 bits per heavy atom. The number of hydrogen-bond acceptors (Lipinski definition) is 6. The predicted molar refractivity (Wildman–Crippen MR) is 135 cm³/mol. The van der Waals surface area contributed by atoms with Gasteiger partial charge in [-0.3, -0.25) is 9.13 Å². The van der Waals surface area contributed by atoms with Crippen molar-refractivity contribution in [2.45, 2.75) is 78.1 Å². The Labute approximate surface area is 196 Å². The van der Waals surface area contributed by atoms with Crippen LogP contribution in [-0.2, 0) is 27.2 Å². The van der Waals surface area contributed by atoms with Crippen LogP contribution in [0.3, 0.4) is 0 Å². The molecule has 0 radical (unpaired) electrons. The standard InChI is InChI=1S/C24H44O6P2/c1-5-9-11-13-15-18-22-28-32(26,8-4)30-24-20-16-19-23-29-31(25,7-3)27-21-17-14-12-10-6-2/h7-8,11-14H,3-6,9-10,15-24H2,1-2H3/b13-11-,14-12-. The Balaban J connectivity index is 3.93. The molecular formula is C24H44O6P2. The first kappa shape index (κ1) is 31.3. The van der Waals surface area contributed by atoms with Crippen LogP contribution in [-0.4, -0.2) is 26.4 Å². The van der Waals surface area contributed by atoms with E-state index in [2.05, 4.69) is 45.2 Å². The summed E-state index contributed by atoms with van der Waals surface area (Å²) in [6.45, 7) is 12.7. The van der Waals surface area contributed by atoms with Crippen molar-refractivity contribution in [1.29, 1.82) is 0 Å². The Hall–Kier alpha value is -0.740. The average Bonchev–Trinajstić information content (AvgIpc) is 2.80. The molecule has 0 aromatic heterocycles. The Morgan fingerprint density at radius 3 is 1.44 bits per heavy atom. The molecule has 2 atom stereocenters. The summed E-state index contributed by atoms with van der Waals surface area (Å²) in [7, 11) is -6.50. The Bertz CT molecular complexity index is 630. The van der Waals surface area contributed by atoms with Crippen LogP contribution in [0.5, 0.6) is 0 Å². The van der Waals surface area contributed by atoms with E-state index in [4.69, 9.17) is 18.1 Å². The van der Waals surface area contributed by atoms with Gasteiger partial charge in [-0.05, 0) is 51.4 Å². The summed E-state index contributed by atoms with van der Waals surface area (Å²) in [5.41, 5.74) is 0. The highest BCUT2D eigenvalue weighted by molar-refractivity contribution is 7.57. The van der Waals surface area contributed by atoms with Gasteiger partial charge < -0.3 is 18.1 Å². The molecule has 0 saturated carbocycles. The van der Waals surface area contributed by atoms with Crippen molar-refractivity contribution in [3.8, 4) is 0 Å². The maximum atomic E-state index is 12.5. The van der Waals surface area contributed by atoms with Crippen LogP contribution in [0.15, 0.2) is 49.1 Å². The van der Waals surface area contributed by atoms with Crippen molar-refractivity contribution in [3.05, 3.63) is 49.1 Å². The van der Waals surface area contributed by atoms with Crippen LogP contribution in [0.2, 0.25) is 0 Å². The van der Waals surface area contributed by atoms with Crippen LogP contribution in [0.25, 0.3) is 0 Å². The van der Waals surface area contributed by atoms with Crippen molar-refractivity contribution in [3.63, 3.8) is 0 Å². The molecule has 0 spiro atoms. The summed E-state index contributed by atoms with van der Waals surface area (Å²) in [6.07, 6.45) is 17.3. The van der Waals surface area contributed by atoms with Crippen molar-refractivity contribution in [2.24, 2.45) is 0 Å². The fraction of sp³-hybridized carbons (Fsp3) is 0.667. The van der Waals surface area contributed by atoms with Gasteiger partial charge in [0.1, 0.15) is 0 Å². The summed E-state index contributed by atoms with van der Waals surface area (Å²) < 4.78 is 46.6. The average molecular weight is 491 g/mol. The van der Waals surface area contributed by atoms with Gasteiger partial charge in [-0.2, -0.15) is 0 Å². The molecule has 6 nitrogen and oxygen atoms in total. The summed E-state index contributed by atoms with van der Waals surface area (Å²) in [5, 5.41) is 0. The normalized spacial score (nSPS) is 15.7. The fourth-order valence-corrected chi connectivity index (χ4v) is 4.58. The van der Waals surface area contributed by atoms with E-state index in [1.807, 2.05) is 6.08 Å². The zero-order chi connectivity index (χ0) is 24.0. The second-order valence-corrected chi connectivity index (χ2v) is 11.2. The molecule has 2 unspecified atom stereocenters. The van der Waals surface area contributed by atoms with Gasteiger partial charge in [0, 0.05) is 11.6 Å². The molecule has 0 heterocycles. The van der Waals surface area contributed by atoms with E-state index >= 15 is 0 Å². The van der Waals surface area contributed by atoms with Gasteiger partial charge in [0.2, 0.25) is 0 Å². The monoisotopic (exact) mass is 490 g/mol. The molecule has 8 heteroatoms. The molecule has 0 saturated heterocycles. The molecule has 0 amide bonds. The third-order valence-corrected chi connectivity index (χ3v) is 7.43. The first-order valence-electron chi connectivity index (χ1n) is 11.8. The lowest BCUT2D eigenvalue weighted by Gasteiger charge is -2.15. The highest BCUT2D eigenvalue weighted by Crippen LogP contribution is 2.50. The van der Waals surface area contributed by atoms with E-state index < -0.39 is 15.2 Å². The fourth-order valence-electron chi connectivity index (χ4n) is 2.50. The maximum Gasteiger partial charge on any atom is 0.353 e. The zero-order valence-corrected chi connectivity index (χ0v) is 21.9. The zero-order valence-electron chi connectivity index (χ0n) is 20.1. The van der Waals surface area contributed by atoms with Gasteiger partial charge >= 0.3 is 15.2 Å². The second kappa shape index (κ2) is 20.8. The van der Waals surface area contributed by atoms with E-state index in [1.165, 1.54) is 11.6 Å². The number of rotatable bonds is 23. The van der Waals surface area contributed by atoms with Gasteiger partial charge in [0.15, 0.2) is 0 Å². The summed E-state index contributed by atoms with van der Waals surface area (Å²) >= 11 is 0. The first-order chi connectivity index (χ1) is 15.4. The van der Waals surface area contributed by atoms with E-state index in [0.29, 0.717) is 45.7 Å². The highest BCUT2D eigenvalue weighted by Gasteiger charge is 2.20. The maximum absolute atomic E-state index is 12.5. The molecule has 0 aromatic rings. The minimum Gasteiger partial charge on any atom is -0.306 e. The number of unbranched alkanes of at least 4 members (excludes halogenated alkanes) is 5. The van der Waals surface area contributed by atoms with E-state index in [0.717, 1.165) is 44.9 Å². The van der Waals surface area contributed by atoms with E-state index in [1.54, 1.807) is 0 Å². The van der Waals surface area contributed by atoms with Crippen molar-refractivity contribution < 1.29 is 27.2 Å². The van der Waals surface area contributed by atoms with E-state index in [9.17, 15) is 9.13 Å². The van der Waals surface area contributed by atoms with Crippen molar-refractivity contribution >= 4 is 15.2 Å². The molecule has 32 heavy (non-hydrogen) atoms. The molecule has 0 bridgehead atoms. The SMILES string of the molecule is C=CP(=O)(OCC/C=C\CCC)OCCCCCOP(=O)(C=C)OCCC/C=C\CCC. The highest BCUT2D eigenvalue weighted by atomic mass is 31.2. The minimum absolute atomic E-state index is 0.302.